The number of hydrogen-bond donors (Lipinski definition) is 1. The van der Waals surface area contributed by atoms with Crippen molar-refractivity contribution in [3.63, 3.8) is 0 Å². The van der Waals surface area contributed by atoms with Crippen molar-refractivity contribution in [2.24, 2.45) is 5.73 Å². The minimum Gasteiger partial charge on any atom is -0.355 e. The molecule has 15 heavy (non-hydrogen) atoms. The SMILES string of the molecule is N[C@@H]1CCN(c2ncnc3c2CCC3)C1. The molecule has 1 aliphatic carbocycles. The van der Waals surface area contributed by atoms with Gasteiger partial charge in [0.15, 0.2) is 0 Å². The van der Waals surface area contributed by atoms with Gasteiger partial charge in [-0.05, 0) is 25.7 Å². The Morgan fingerprint density at radius 2 is 2.27 bits per heavy atom. The summed E-state index contributed by atoms with van der Waals surface area (Å²) in [6, 6.07) is 0.317. The van der Waals surface area contributed by atoms with Crippen molar-refractivity contribution in [1.29, 1.82) is 0 Å². The van der Waals surface area contributed by atoms with Crippen molar-refractivity contribution in [1.82, 2.24) is 9.97 Å². The first kappa shape index (κ1) is 9.09. The molecule has 2 aliphatic rings. The molecule has 3 rings (SSSR count). The molecule has 1 aromatic rings. The molecule has 1 atom stereocenters. The largest absolute Gasteiger partial charge is 0.355 e. The maximum Gasteiger partial charge on any atom is 0.135 e. The lowest BCUT2D eigenvalue weighted by molar-refractivity contribution is 0.751. The molecule has 0 radical (unpaired) electrons. The summed E-state index contributed by atoms with van der Waals surface area (Å²) < 4.78 is 0. The number of nitrogens with two attached hydrogens (primary N) is 1. The van der Waals surface area contributed by atoms with Crippen LogP contribution < -0.4 is 10.6 Å². The van der Waals surface area contributed by atoms with E-state index in [1.165, 1.54) is 17.7 Å². The summed E-state index contributed by atoms with van der Waals surface area (Å²) in [7, 11) is 0. The molecule has 4 nitrogen and oxygen atoms in total. The second-order valence-corrected chi connectivity index (χ2v) is 4.47. The Morgan fingerprint density at radius 3 is 3.07 bits per heavy atom. The van der Waals surface area contributed by atoms with Gasteiger partial charge in [-0.2, -0.15) is 0 Å². The summed E-state index contributed by atoms with van der Waals surface area (Å²) in [5.41, 5.74) is 8.54. The maximum atomic E-state index is 5.92. The highest BCUT2D eigenvalue weighted by Crippen LogP contribution is 2.29. The molecule has 0 bridgehead atoms. The molecule has 1 saturated heterocycles. The fourth-order valence-corrected chi connectivity index (χ4v) is 2.59. The molecular formula is C11H16N4. The minimum atomic E-state index is 0.317. The molecule has 1 aliphatic heterocycles. The highest BCUT2D eigenvalue weighted by atomic mass is 15.2. The second-order valence-electron chi connectivity index (χ2n) is 4.47. The normalized spacial score (nSPS) is 24.6. The fourth-order valence-electron chi connectivity index (χ4n) is 2.59. The molecular weight excluding hydrogens is 188 g/mol. The van der Waals surface area contributed by atoms with Crippen LogP contribution in [0.1, 0.15) is 24.1 Å². The van der Waals surface area contributed by atoms with Crippen LogP contribution in [0.25, 0.3) is 0 Å². The third kappa shape index (κ3) is 1.49. The van der Waals surface area contributed by atoms with Crippen LogP contribution in [0.4, 0.5) is 5.82 Å². The predicted octanol–water partition coefficient (Wildman–Crippen LogP) is 0.503. The number of anilines is 1. The lowest BCUT2D eigenvalue weighted by atomic mass is 10.2. The van der Waals surface area contributed by atoms with Gasteiger partial charge in [0, 0.05) is 30.4 Å². The summed E-state index contributed by atoms with van der Waals surface area (Å²) in [6.45, 7) is 1.99. The number of nitrogens with zero attached hydrogens (tertiary/aromatic N) is 3. The van der Waals surface area contributed by atoms with Gasteiger partial charge < -0.3 is 10.6 Å². The number of aryl methyl sites for hydroxylation is 1. The first-order valence-electron chi connectivity index (χ1n) is 5.68. The van der Waals surface area contributed by atoms with Crippen molar-refractivity contribution in [3.8, 4) is 0 Å². The van der Waals surface area contributed by atoms with Gasteiger partial charge in [-0.25, -0.2) is 9.97 Å². The van der Waals surface area contributed by atoms with E-state index in [4.69, 9.17) is 5.73 Å². The van der Waals surface area contributed by atoms with E-state index in [0.717, 1.165) is 38.2 Å². The average Bonchev–Trinajstić information content (AvgIpc) is 2.84. The van der Waals surface area contributed by atoms with E-state index in [1.54, 1.807) is 6.33 Å². The van der Waals surface area contributed by atoms with Crippen LogP contribution in [0.3, 0.4) is 0 Å². The first-order chi connectivity index (χ1) is 7.34. The van der Waals surface area contributed by atoms with E-state index in [1.807, 2.05) is 0 Å². The predicted molar refractivity (Wildman–Crippen MR) is 58.9 cm³/mol. The molecule has 1 aromatic heterocycles. The van der Waals surface area contributed by atoms with E-state index in [2.05, 4.69) is 14.9 Å². The zero-order valence-corrected chi connectivity index (χ0v) is 8.82. The van der Waals surface area contributed by atoms with Crippen LogP contribution in [-0.2, 0) is 12.8 Å². The Kier molecular flexibility index (Phi) is 2.09. The highest BCUT2D eigenvalue weighted by molar-refractivity contribution is 5.51. The number of hydrogen-bond acceptors (Lipinski definition) is 4. The van der Waals surface area contributed by atoms with Gasteiger partial charge in [0.2, 0.25) is 0 Å². The van der Waals surface area contributed by atoms with Gasteiger partial charge in [0.1, 0.15) is 12.1 Å². The van der Waals surface area contributed by atoms with Crippen molar-refractivity contribution >= 4 is 5.82 Å². The van der Waals surface area contributed by atoms with E-state index in [-0.39, 0.29) is 0 Å². The number of aromatic nitrogens is 2. The molecule has 1 fully saturated rings. The monoisotopic (exact) mass is 204 g/mol. The Balaban J connectivity index is 1.95. The van der Waals surface area contributed by atoms with Gasteiger partial charge in [0.05, 0.1) is 0 Å². The topological polar surface area (TPSA) is 55.0 Å². The Labute approximate surface area is 89.5 Å². The summed E-state index contributed by atoms with van der Waals surface area (Å²) in [5.74, 6) is 1.14. The Bertz CT molecular complexity index is 377. The third-order valence-corrected chi connectivity index (χ3v) is 3.38. The lowest BCUT2D eigenvalue weighted by Gasteiger charge is -2.19. The molecule has 0 spiro atoms. The second kappa shape index (κ2) is 3.45. The van der Waals surface area contributed by atoms with Crippen molar-refractivity contribution < 1.29 is 0 Å². The van der Waals surface area contributed by atoms with Crippen molar-refractivity contribution in [2.75, 3.05) is 18.0 Å². The molecule has 80 valence electrons. The summed E-state index contributed by atoms with van der Waals surface area (Å²) in [5, 5.41) is 0. The molecule has 0 unspecified atom stereocenters. The number of fused-ring (bicyclic) bond motifs is 1. The average molecular weight is 204 g/mol. The van der Waals surface area contributed by atoms with Crippen LogP contribution in [0, 0.1) is 0 Å². The van der Waals surface area contributed by atoms with Gasteiger partial charge in [-0.3, -0.25) is 0 Å². The van der Waals surface area contributed by atoms with Crippen LogP contribution in [0.15, 0.2) is 6.33 Å². The quantitative estimate of drug-likeness (QED) is 0.724. The van der Waals surface area contributed by atoms with Crippen molar-refractivity contribution in [3.05, 3.63) is 17.6 Å². The molecule has 0 amide bonds. The highest BCUT2D eigenvalue weighted by Gasteiger charge is 2.25. The lowest BCUT2D eigenvalue weighted by Crippen LogP contribution is -2.27. The number of rotatable bonds is 1. The zero-order chi connectivity index (χ0) is 10.3. The smallest absolute Gasteiger partial charge is 0.135 e. The molecule has 2 heterocycles. The third-order valence-electron chi connectivity index (χ3n) is 3.38. The van der Waals surface area contributed by atoms with Crippen LogP contribution in [-0.4, -0.2) is 29.1 Å². The van der Waals surface area contributed by atoms with Crippen LogP contribution >= 0.6 is 0 Å². The van der Waals surface area contributed by atoms with E-state index in [9.17, 15) is 0 Å². The fraction of sp³-hybridized carbons (Fsp3) is 0.636. The van der Waals surface area contributed by atoms with Crippen LogP contribution in [0.5, 0.6) is 0 Å². The van der Waals surface area contributed by atoms with Gasteiger partial charge in [-0.1, -0.05) is 0 Å². The Morgan fingerprint density at radius 1 is 1.33 bits per heavy atom. The van der Waals surface area contributed by atoms with E-state index >= 15 is 0 Å². The zero-order valence-electron chi connectivity index (χ0n) is 8.82. The van der Waals surface area contributed by atoms with Gasteiger partial charge in [0.25, 0.3) is 0 Å². The molecule has 4 heteroatoms. The summed E-state index contributed by atoms with van der Waals surface area (Å²) in [6.07, 6.45) is 6.25. The first-order valence-corrected chi connectivity index (χ1v) is 5.68. The molecule has 0 saturated carbocycles. The molecule has 0 aromatic carbocycles. The van der Waals surface area contributed by atoms with Crippen molar-refractivity contribution in [2.45, 2.75) is 31.7 Å². The van der Waals surface area contributed by atoms with Gasteiger partial charge >= 0.3 is 0 Å². The van der Waals surface area contributed by atoms with Gasteiger partial charge in [-0.15, -0.1) is 0 Å². The molecule has 2 N–H and O–H groups in total. The van der Waals surface area contributed by atoms with E-state index in [0.29, 0.717) is 6.04 Å². The standard InChI is InChI=1S/C11H16N4/c12-8-4-5-15(6-8)11-9-2-1-3-10(9)13-7-14-11/h7-8H,1-6,12H2/t8-/m1/s1. The van der Waals surface area contributed by atoms with E-state index < -0.39 is 0 Å². The summed E-state index contributed by atoms with van der Waals surface area (Å²) in [4.78, 5) is 11.1. The van der Waals surface area contributed by atoms with Crippen LogP contribution in [0.2, 0.25) is 0 Å². The maximum absolute atomic E-state index is 5.92. The Hall–Kier alpha value is -1.16. The minimum absolute atomic E-state index is 0.317. The summed E-state index contributed by atoms with van der Waals surface area (Å²) >= 11 is 0.